The molecule has 2 unspecified atom stereocenters. The molecule has 2 N–H and O–H groups in total. The Hall–Kier alpha value is 0.260. The van der Waals surface area contributed by atoms with Gasteiger partial charge in [-0.1, -0.05) is 15.9 Å². The largest absolute Gasteiger partial charge is 0.395 e. The molecule has 0 saturated carbocycles. The van der Waals surface area contributed by atoms with Crippen molar-refractivity contribution in [3.63, 3.8) is 0 Å². The van der Waals surface area contributed by atoms with E-state index in [4.69, 9.17) is 5.11 Å². The average Bonchev–Trinajstić information content (AvgIpc) is 2.04. The van der Waals surface area contributed by atoms with Crippen LogP contribution in [0.4, 0.5) is 0 Å². The fraction of sp³-hybridized carbons (Fsp3) is 0.889. The molecular formula is C9H18BrNO2S. The van der Waals surface area contributed by atoms with Gasteiger partial charge in [0, 0.05) is 11.3 Å². The van der Waals surface area contributed by atoms with Gasteiger partial charge in [-0.25, -0.2) is 0 Å². The van der Waals surface area contributed by atoms with Crippen molar-refractivity contribution >= 4 is 33.6 Å². The van der Waals surface area contributed by atoms with E-state index >= 15 is 0 Å². The highest BCUT2D eigenvalue weighted by Gasteiger charge is 2.26. The maximum atomic E-state index is 11.6. The van der Waals surface area contributed by atoms with Gasteiger partial charge in [-0.3, -0.25) is 4.79 Å². The standard InChI is InChI=1S/C9H18BrNO2S/c1-6(7(5-12)14-4)11-8(13)9(2,3)10/h6-7,12H,5H2,1-4H3,(H,11,13). The van der Waals surface area contributed by atoms with E-state index in [2.05, 4.69) is 21.2 Å². The first-order valence-corrected chi connectivity index (χ1v) is 6.54. The number of alkyl halides is 1. The van der Waals surface area contributed by atoms with Gasteiger partial charge in [0.25, 0.3) is 0 Å². The fourth-order valence-corrected chi connectivity index (χ4v) is 1.65. The molecular weight excluding hydrogens is 266 g/mol. The maximum absolute atomic E-state index is 11.6. The van der Waals surface area contributed by atoms with Gasteiger partial charge in [-0.15, -0.1) is 0 Å². The molecule has 0 spiro atoms. The highest BCUT2D eigenvalue weighted by atomic mass is 79.9. The molecule has 3 nitrogen and oxygen atoms in total. The molecule has 5 heteroatoms. The summed E-state index contributed by atoms with van der Waals surface area (Å²) >= 11 is 4.83. The second kappa shape index (κ2) is 5.98. The monoisotopic (exact) mass is 283 g/mol. The van der Waals surface area contributed by atoms with Crippen LogP contribution < -0.4 is 5.32 Å². The topological polar surface area (TPSA) is 49.3 Å². The van der Waals surface area contributed by atoms with Crippen LogP contribution in [0.2, 0.25) is 0 Å². The van der Waals surface area contributed by atoms with Crippen LogP contribution in [0.1, 0.15) is 20.8 Å². The normalized spacial score (nSPS) is 16.1. The average molecular weight is 284 g/mol. The van der Waals surface area contributed by atoms with E-state index in [0.29, 0.717) is 0 Å². The summed E-state index contributed by atoms with van der Waals surface area (Å²) in [4.78, 5) is 11.6. The van der Waals surface area contributed by atoms with E-state index in [9.17, 15) is 4.79 Å². The lowest BCUT2D eigenvalue weighted by molar-refractivity contribution is -0.123. The zero-order valence-electron chi connectivity index (χ0n) is 9.00. The van der Waals surface area contributed by atoms with Gasteiger partial charge >= 0.3 is 0 Å². The summed E-state index contributed by atoms with van der Waals surface area (Å²) in [7, 11) is 0. The fourth-order valence-electron chi connectivity index (χ4n) is 0.908. The molecule has 0 heterocycles. The highest BCUT2D eigenvalue weighted by Crippen LogP contribution is 2.17. The summed E-state index contributed by atoms with van der Waals surface area (Å²) in [6.45, 7) is 5.56. The Balaban J connectivity index is 4.18. The lowest BCUT2D eigenvalue weighted by Crippen LogP contribution is -2.47. The van der Waals surface area contributed by atoms with Gasteiger partial charge in [0.05, 0.1) is 10.9 Å². The first-order valence-electron chi connectivity index (χ1n) is 4.46. The van der Waals surface area contributed by atoms with Crippen molar-refractivity contribution in [1.29, 1.82) is 0 Å². The van der Waals surface area contributed by atoms with E-state index in [-0.39, 0.29) is 23.8 Å². The molecule has 0 radical (unpaired) electrons. The second-order valence-corrected chi connectivity index (χ2v) is 6.75. The van der Waals surface area contributed by atoms with Crippen molar-refractivity contribution in [1.82, 2.24) is 5.32 Å². The number of halogens is 1. The van der Waals surface area contributed by atoms with E-state index in [1.54, 1.807) is 25.6 Å². The minimum Gasteiger partial charge on any atom is -0.395 e. The highest BCUT2D eigenvalue weighted by molar-refractivity contribution is 9.10. The summed E-state index contributed by atoms with van der Waals surface area (Å²) in [5.74, 6) is -0.0579. The smallest absolute Gasteiger partial charge is 0.236 e. The molecule has 0 bridgehead atoms. The minimum absolute atomic E-state index is 0.0284. The lowest BCUT2D eigenvalue weighted by atomic mass is 10.1. The van der Waals surface area contributed by atoms with Crippen LogP contribution in [0.25, 0.3) is 0 Å². The molecule has 0 aliphatic rings. The molecule has 0 saturated heterocycles. The molecule has 14 heavy (non-hydrogen) atoms. The summed E-state index contributed by atoms with van der Waals surface area (Å²) < 4.78 is -0.556. The van der Waals surface area contributed by atoms with Crippen LogP contribution in [-0.2, 0) is 4.79 Å². The van der Waals surface area contributed by atoms with Crippen molar-refractivity contribution in [2.24, 2.45) is 0 Å². The maximum Gasteiger partial charge on any atom is 0.236 e. The Morgan fingerprint density at radius 3 is 2.43 bits per heavy atom. The molecule has 0 rings (SSSR count). The summed E-state index contributed by atoms with van der Waals surface area (Å²) in [6, 6.07) is -0.0284. The number of carbonyl (C=O) groups is 1. The summed E-state index contributed by atoms with van der Waals surface area (Å²) in [5, 5.41) is 11.9. The summed E-state index contributed by atoms with van der Waals surface area (Å²) in [5.41, 5.74) is 0. The minimum atomic E-state index is -0.556. The molecule has 0 aromatic rings. The van der Waals surface area contributed by atoms with E-state index in [0.717, 1.165) is 0 Å². The second-order valence-electron chi connectivity index (χ2n) is 3.69. The van der Waals surface area contributed by atoms with Crippen molar-refractivity contribution < 1.29 is 9.90 Å². The third-order valence-corrected chi connectivity index (χ3v) is 3.46. The number of aliphatic hydroxyl groups excluding tert-OH is 1. The summed E-state index contributed by atoms with van der Waals surface area (Å²) in [6.07, 6.45) is 1.92. The molecule has 1 amide bonds. The van der Waals surface area contributed by atoms with Crippen LogP contribution >= 0.6 is 27.7 Å². The SMILES string of the molecule is CSC(CO)C(C)NC(=O)C(C)(C)Br. The lowest BCUT2D eigenvalue weighted by Gasteiger charge is -2.25. The molecule has 0 aromatic heterocycles. The number of hydrogen-bond donors (Lipinski definition) is 2. The van der Waals surface area contributed by atoms with Crippen molar-refractivity contribution in [2.75, 3.05) is 12.9 Å². The van der Waals surface area contributed by atoms with Crippen LogP contribution in [0.5, 0.6) is 0 Å². The Kier molecular flexibility index (Phi) is 6.09. The molecule has 0 aromatic carbocycles. The van der Waals surface area contributed by atoms with Gasteiger partial charge in [0.15, 0.2) is 0 Å². The number of carbonyl (C=O) groups excluding carboxylic acids is 1. The Morgan fingerprint density at radius 2 is 2.14 bits per heavy atom. The molecule has 84 valence electrons. The number of rotatable bonds is 5. The van der Waals surface area contributed by atoms with Gasteiger partial charge in [0.1, 0.15) is 0 Å². The zero-order valence-corrected chi connectivity index (χ0v) is 11.4. The quantitative estimate of drug-likeness (QED) is 0.750. The number of hydrogen-bond acceptors (Lipinski definition) is 3. The molecule has 0 aliphatic carbocycles. The third-order valence-electron chi connectivity index (χ3n) is 1.94. The van der Waals surface area contributed by atoms with Crippen molar-refractivity contribution in [2.45, 2.75) is 36.4 Å². The first-order chi connectivity index (χ1) is 6.32. The first kappa shape index (κ1) is 14.3. The Morgan fingerprint density at radius 1 is 1.64 bits per heavy atom. The number of aliphatic hydroxyl groups is 1. The number of thioether (sulfide) groups is 1. The molecule has 0 fully saturated rings. The van der Waals surface area contributed by atoms with E-state index < -0.39 is 4.32 Å². The van der Waals surface area contributed by atoms with Crippen LogP contribution in [0, 0.1) is 0 Å². The van der Waals surface area contributed by atoms with Gasteiger partial charge in [-0.05, 0) is 27.0 Å². The zero-order chi connectivity index (χ0) is 11.4. The van der Waals surface area contributed by atoms with E-state index in [1.165, 1.54) is 0 Å². The van der Waals surface area contributed by atoms with Gasteiger partial charge in [-0.2, -0.15) is 11.8 Å². The molecule has 2 atom stereocenters. The van der Waals surface area contributed by atoms with Crippen molar-refractivity contribution in [3.05, 3.63) is 0 Å². The Labute approximate surface area is 98.2 Å². The van der Waals surface area contributed by atoms with Crippen LogP contribution in [-0.4, -0.2) is 39.5 Å². The van der Waals surface area contributed by atoms with E-state index in [1.807, 2.05) is 13.2 Å². The van der Waals surface area contributed by atoms with Crippen LogP contribution in [0.3, 0.4) is 0 Å². The molecule has 0 aliphatic heterocycles. The van der Waals surface area contributed by atoms with Gasteiger partial charge in [0.2, 0.25) is 5.91 Å². The Bertz CT molecular complexity index is 190. The third kappa shape index (κ3) is 4.66. The number of nitrogens with one attached hydrogen (secondary N) is 1. The van der Waals surface area contributed by atoms with Crippen LogP contribution in [0.15, 0.2) is 0 Å². The van der Waals surface area contributed by atoms with Gasteiger partial charge < -0.3 is 10.4 Å². The predicted molar refractivity (Wildman–Crippen MR) is 65.0 cm³/mol. The predicted octanol–water partition coefficient (Wildman–Crippen LogP) is 1.39. The van der Waals surface area contributed by atoms with Crippen molar-refractivity contribution in [3.8, 4) is 0 Å². The number of amides is 1.